The van der Waals surface area contributed by atoms with E-state index < -0.39 is 0 Å². The predicted molar refractivity (Wildman–Crippen MR) is 90.6 cm³/mol. The maximum atomic E-state index is 12.0. The highest BCUT2D eigenvalue weighted by atomic mass is 16.5. The molecule has 116 valence electrons. The molecular weight excluding hydrogens is 274 g/mol. The van der Waals surface area contributed by atoms with Crippen LogP contribution in [0.4, 0.5) is 5.69 Å². The van der Waals surface area contributed by atoms with E-state index in [0.29, 0.717) is 5.92 Å². The number of rotatable bonds is 5. The summed E-state index contributed by atoms with van der Waals surface area (Å²) in [6.07, 6.45) is 0. The van der Waals surface area contributed by atoms with Crippen LogP contribution in [0.25, 0.3) is 0 Å². The minimum atomic E-state index is -0.154. The molecule has 0 aliphatic rings. The van der Waals surface area contributed by atoms with E-state index in [4.69, 9.17) is 4.74 Å². The lowest BCUT2D eigenvalue weighted by Gasteiger charge is -2.11. The number of hydrogen-bond donors (Lipinski definition) is 1. The van der Waals surface area contributed by atoms with Crippen molar-refractivity contribution >= 4 is 11.6 Å². The minimum absolute atomic E-state index is 0.0101. The Morgan fingerprint density at radius 2 is 1.77 bits per heavy atom. The first-order valence-corrected chi connectivity index (χ1v) is 7.55. The summed E-state index contributed by atoms with van der Waals surface area (Å²) in [4.78, 5) is 12.0. The van der Waals surface area contributed by atoms with E-state index in [2.05, 4.69) is 19.2 Å². The van der Waals surface area contributed by atoms with Crippen molar-refractivity contribution in [1.82, 2.24) is 0 Å². The van der Waals surface area contributed by atoms with Gasteiger partial charge in [-0.1, -0.05) is 38.1 Å². The van der Waals surface area contributed by atoms with Crippen molar-refractivity contribution in [2.24, 2.45) is 0 Å². The van der Waals surface area contributed by atoms with Crippen LogP contribution in [-0.4, -0.2) is 12.5 Å². The van der Waals surface area contributed by atoms with Gasteiger partial charge in [0.1, 0.15) is 5.75 Å². The molecule has 3 heteroatoms. The largest absolute Gasteiger partial charge is 0.483 e. The fourth-order valence-corrected chi connectivity index (χ4v) is 2.15. The maximum Gasteiger partial charge on any atom is 0.262 e. The van der Waals surface area contributed by atoms with E-state index in [0.717, 1.165) is 22.6 Å². The van der Waals surface area contributed by atoms with Gasteiger partial charge in [-0.3, -0.25) is 4.79 Å². The lowest BCUT2D eigenvalue weighted by Crippen LogP contribution is -2.20. The Kier molecular flexibility index (Phi) is 5.21. The topological polar surface area (TPSA) is 38.3 Å². The van der Waals surface area contributed by atoms with Gasteiger partial charge >= 0.3 is 0 Å². The van der Waals surface area contributed by atoms with Gasteiger partial charge in [0.05, 0.1) is 0 Å². The molecule has 0 atom stereocenters. The van der Waals surface area contributed by atoms with Crippen LogP contribution < -0.4 is 10.1 Å². The second kappa shape index (κ2) is 7.12. The van der Waals surface area contributed by atoms with Gasteiger partial charge in [0.2, 0.25) is 0 Å². The second-order valence-corrected chi connectivity index (χ2v) is 5.88. The first kappa shape index (κ1) is 16.1. The summed E-state index contributed by atoms with van der Waals surface area (Å²) in [5.41, 5.74) is 4.19. The van der Waals surface area contributed by atoms with Crippen LogP contribution in [0.15, 0.2) is 42.5 Å². The van der Waals surface area contributed by atoms with Crippen molar-refractivity contribution in [1.29, 1.82) is 0 Å². The molecule has 1 amide bonds. The molecule has 2 aromatic rings. The lowest BCUT2D eigenvalue weighted by molar-refractivity contribution is -0.118. The van der Waals surface area contributed by atoms with Crippen molar-refractivity contribution in [3.05, 3.63) is 59.2 Å². The Morgan fingerprint density at radius 3 is 2.41 bits per heavy atom. The molecule has 0 heterocycles. The summed E-state index contributed by atoms with van der Waals surface area (Å²) in [7, 11) is 0. The van der Waals surface area contributed by atoms with Crippen molar-refractivity contribution in [3.8, 4) is 5.75 Å². The molecular formula is C19H23NO2. The number of anilines is 1. The van der Waals surface area contributed by atoms with Crippen LogP contribution in [0.5, 0.6) is 5.75 Å². The van der Waals surface area contributed by atoms with Gasteiger partial charge in [0.15, 0.2) is 6.61 Å². The molecule has 2 rings (SSSR count). The van der Waals surface area contributed by atoms with E-state index in [1.807, 2.05) is 56.3 Å². The van der Waals surface area contributed by atoms with E-state index in [1.165, 1.54) is 5.56 Å². The number of carbonyl (C=O) groups excluding carboxylic acids is 1. The van der Waals surface area contributed by atoms with Gasteiger partial charge in [-0.2, -0.15) is 0 Å². The number of amides is 1. The molecule has 0 fully saturated rings. The fraction of sp³-hybridized carbons (Fsp3) is 0.316. The van der Waals surface area contributed by atoms with Gasteiger partial charge in [-0.25, -0.2) is 0 Å². The average Bonchev–Trinajstić information content (AvgIpc) is 2.49. The first-order chi connectivity index (χ1) is 10.5. The van der Waals surface area contributed by atoms with Crippen LogP contribution in [0.3, 0.4) is 0 Å². The smallest absolute Gasteiger partial charge is 0.262 e. The molecule has 0 aliphatic heterocycles. The maximum absolute atomic E-state index is 12.0. The SMILES string of the molecule is Cc1ccc(C)c(OCC(=O)Nc2ccc(C(C)C)cc2)c1. The van der Waals surface area contributed by atoms with Crippen molar-refractivity contribution < 1.29 is 9.53 Å². The first-order valence-electron chi connectivity index (χ1n) is 7.55. The Labute approximate surface area is 132 Å². The fourth-order valence-electron chi connectivity index (χ4n) is 2.15. The Bertz CT molecular complexity index is 645. The molecule has 0 spiro atoms. The zero-order valence-electron chi connectivity index (χ0n) is 13.6. The molecule has 0 aliphatic carbocycles. The summed E-state index contributed by atoms with van der Waals surface area (Å²) in [6, 6.07) is 13.9. The number of aryl methyl sites for hydroxylation is 2. The molecule has 0 radical (unpaired) electrons. The van der Waals surface area contributed by atoms with Crippen molar-refractivity contribution in [2.45, 2.75) is 33.6 Å². The summed E-state index contributed by atoms with van der Waals surface area (Å²) in [5, 5.41) is 2.85. The highest BCUT2D eigenvalue weighted by molar-refractivity contribution is 5.91. The van der Waals surface area contributed by atoms with Gasteiger partial charge in [-0.05, 0) is 54.7 Å². The third-order valence-electron chi connectivity index (χ3n) is 3.56. The van der Waals surface area contributed by atoms with Crippen molar-refractivity contribution in [3.63, 3.8) is 0 Å². The van der Waals surface area contributed by atoms with Crippen LogP contribution in [0, 0.1) is 13.8 Å². The zero-order chi connectivity index (χ0) is 16.1. The summed E-state index contributed by atoms with van der Waals surface area (Å²) in [6.45, 7) is 8.27. The Morgan fingerprint density at radius 1 is 1.09 bits per heavy atom. The lowest BCUT2D eigenvalue weighted by atomic mass is 10.0. The van der Waals surface area contributed by atoms with Crippen LogP contribution in [-0.2, 0) is 4.79 Å². The van der Waals surface area contributed by atoms with E-state index in [9.17, 15) is 4.79 Å². The monoisotopic (exact) mass is 297 g/mol. The number of ether oxygens (including phenoxy) is 1. The van der Waals surface area contributed by atoms with Gasteiger partial charge in [0, 0.05) is 5.69 Å². The quantitative estimate of drug-likeness (QED) is 0.885. The molecule has 0 aromatic heterocycles. The Hall–Kier alpha value is -2.29. The number of benzene rings is 2. The molecule has 0 saturated heterocycles. The van der Waals surface area contributed by atoms with E-state index in [-0.39, 0.29) is 12.5 Å². The number of nitrogens with one attached hydrogen (secondary N) is 1. The second-order valence-electron chi connectivity index (χ2n) is 5.88. The van der Waals surface area contributed by atoms with Gasteiger partial charge in [-0.15, -0.1) is 0 Å². The highest BCUT2D eigenvalue weighted by Crippen LogP contribution is 2.19. The minimum Gasteiger partial charge on any atom is -0.483 e. The van der Waals surface area contributed by atoms with Crippen LogP contribution in [0.1, 0.15) is 36.5 Å². The molecule has 0 unspecified atom stereocenters. The van der Waals surface area contributed by atoms with Crippen LogP contribution in [0.2, 0.25) is 0 Å². The molecule has 0 saturated carbocycles. The summed E-state index contributed by atoms with van der Waals surface area (Å²) < 4.78 is 5.60. The van der Waals surface area contributed by atoms with Crippen LogP contribution >= 0.6 is 0 Å². The third-order valence-corrected chi connectivity index (χ3v) is 3.56. The summed E-state index contributed by atoms with van der Waals surface area (Å²) >= 11 is 0. The molecule has 0 bridgehead atoms. The molecule has 3 nitrogen and oxygen atoms in total. The zero-order valence-corrected chi connectivity index (χ0v) is 13.6. The van der Waals surface area contributed by atoms with Gasteiger partial charge < -0.3 is 10.1 Å². The van der Waals surface area contributed by atoms with Gasteiger partial charge in [0.25, 0.3) is 5.91 Å². The average molecular weight is 297 g/mol. The standard InChI is InChI=1S/C19H23NO2/c1-13(2)16-7-9-17(10-8-16)20-19(21)12-22-18-11-14(3)5-6-15(18)4/h5-11,13H,12H2,1-4H3,(H,20,21). The Balaban J connectivity index is 1.91. The predicted octanol–water partition coefficient (Wildman–Crippen LogP) is 4.44. The normalized spacial score (nSPS) is 10.6. The molecule has 2 aromatic carbocycles. The highest BCUT2D eigenvalue weighted by Gasteiger charge is 2.06. The number of hydrogen-bond acceptors (Lipinski definition) is 2. The number of carbonyl (C=O) groups is 1. The van der Waals surface area contributed by atoms with Crippen molar-refractivity contribution in [2.75, 3.05) is 11.9 Å². The third kappa shape index (κ3) is 4.35. The van der Waals surface area contributed by atoms with E-state index in [1.54, 1.807) is 0 Å². The van der Waals surface area contributed by atoms with E-state index >= 15 is 0 Å². The molecule has 1 N–H and O–H groups in total. The summed E-state index contributed by atoms with van der Waals surface area (Å²) in [5.74, 6) is 1.08. The molecule has 22 heavy (non-hydrogen) atoms.